The molecule has 0 aliphatic rings. The Kier molecular flexibility index (Phi) is 7.75. The summed E-state index contributed by atoms with van der Waals surface area (Å²) in [5.41, 5.74) is 1.31. The van der Waals surface area contributed by atoms with Crippen LogP contribution in [0, 0.1) is 5.92 Å². The molecule has 7 nitrogen and oxygen atoms in total. The predicted molar refractivity (Wildman–Crippen MR) is 119 cm³/mol. The third-order valence-electron chi connectivity index (χ3n) is 4.72. The van der Waals surface area contributed by atoms with Gasteiger partial charge in [-0.2, -0.15) is 0 Å². The fourth-order valence-electron chi connectivity index (χ4n) is 2.95. The zero-order valence-electron chi connectivity index (χ0n) is 16.9. The number of rotatable bonds is 10. The van der Waals surface area contributed by atoms with Crippen LogP contribution in [0.25, 0.3) is 10.2 Å². The molecule has 2 aromatic heterocycles. The van der Waals surface area contributed by atoms with Gasteiger partial charge in [-0.05, 0) is 49.6 Å². The first-order valence-corrected chi connectivity index (χ1v) is 11.7. The first kappa shape index (κ1) is 22.2. The number of benzene rings is 1. The van der Waals surface area contributed by atoms with Crippen LogP contribution in [0.3, 0.4) is 0 Å². The summed E-state index contributed by atoms with van der Waals surface area (Å²) in [7, 11) is 0. The SMILES string of the molecule is CSc1cnc(CC[C@H](C)CCc2nc3ccc(C(=O)NCC(=O)O)cc3s2)nc1. The Bertz CT molecular complexity index is 1020. The van der Waals surface area contributed by atoms with Crippen LogP contribution in [-0.4, -0.2) is 44.7 Å². The van der Waals surface area contributed by atoms with Gasteiger partial charge < -0.3 is 10.4 Å². The maximum absolute atomic E-state index is 12.0. The second-order valence-corrected chi connectivity index (χ2v) is 9.08. The van der Waals surface area contributed by atoms with E-state index in [4.69, 9.17) is 5.11 Å². The van der Waals surface area contributed by atoms with Crippen molar-refractivity contribution in [1.29, 1.82) is 0 Å². The molecular formula is C21H24N4O3S2. The minimum absolute atomic E-state index is 0.393. The van der Waals surface area contributed by atoms with Gasteiger partial charge in [0.25, 0.3) is 5.91 Å². The van der Waals surface area contributed by atoms with Gasteiger partial charge in [-0.25, -0.2) is 15.0 Å². The Morgan fingerprint density at radius 2 is 1.93 bits per heavy atom. The molecular weight excluding hydrogens is 420 g/mol. The largest absolute Gasteiger partial charge is 0.480 e. The highest BCUT2D eigenvalue weighted by molar-refractivity contribution is 7.98. The first-order valence-electron chi connectivity index (χ1n) is 9.69. The van der Waals surface area contributed by atoms with Gasteiger partial charge in [0, 0.05) is 29.3 Å². The topological polar surface area (TPSA) is 105 Å². The summed E-state index contributed by atoms with van der Waals surface area (Å²) in [5, 5.41) is 12.1. The van der Waals surface area contributed by atoms with Gasteiger partial charge in [-0.3, -0.25) is 9.59 Å². The van der Waals surface area contributed by atoms with Crippen LogP contribution in [0.15, 0.2) is 35.5 Å². The molecule has 3 aromatic rings. The zero-order chi connectivity index (χ0) is 21.5. The summed E-state index contributed by atoms with van der Waals surface area (Å²) in [6, 6.07) is 5.25. The molecule has 0 bridgehead atoms. The number of thiazole rings is 1. The van der Waals surface area contributed by atoms with Crippen LogP contribution in [0.5, 0.6) is 0 Å². The molecule has 0 fully saturated rings. The lowest BCUT2D eigenvalue weighted by molar-refractivity contribution is -0.135. The lowest BCUT2D eigenvalue weighted by Crippen LogP contribution is -2.29. The van der Waals surface area contributed by atoms with Crippen molar-refractivity contribution >= 4 is 45.2 Å². The van der Waals surface area contributed by atoms with Crippen molar-refractivity contribution in [3.63, 3.8) is 0 Å². The number of nitrogens with one attached hydrogen (secondary N) is 1. The number of hydrogen-bond donors (Lipinski definition) is 2. The number of hydrogen-bond acceptors (Lipinski definition) is 7. The molecule has 30 heavy (non-hydrogen) atoms. The van der Waals surface area contributed by atoms with E-state index >= 15 is 0 Å². The van der Waals surface area contributed by atoms with Crippen molar-refractivity contribution in [2.24, 2.45) is 5.92 Å². The monoisotopic (exact) mass is 444 g/mol. The number of aliphatic carboxylic acids is 1. The molecule has 0 saturated carbocycles. The number of aryl methyl sites for hydroxylation is 2. The summed E-state index contributed by atoms with van der Waals surface area (Å²) in [6.07, 6.45) is 9.55. The highest BCUT2D eigenvalue weighted by Crippen LogP contribution is 2.25. The van der Waals surface area contributed by atoms with Crippen LogP contribution in [-0.2, 0) is 17.6 Å². The predicted octanol–water partition coefficient (Wildman–Crippen LogP) is 3.82. The van der Waals surface area contributed by atoms with Crippen molar-refractivity contribution in [2.75, 3.05) is 12.8 Å². The average molecular weight is 445 g/mol. The van der Waals surface area contributed by atoms with Gasteiger partial charge in [0.1, 0.15) is 12.4 Å². The molecule has 1 amide bonds. The van der Waals surface area contributed by atoms with Crippen LogP contribution in [0.2, 0.25) is 0 Å². The van der Waals surface area contributed by atoms with Gasteiger partial charge in [0.15, 0.2) is 0 Å². The molecule has 9 heteroatoms. The molecule has 1 aromatic carbocycles. The average Bonchev–Trinajstić information content (AvgIpc) is 3.17. The number of carbonyl (C=O) groups is 2. The van der Waals surface area contributed by atoms with Crippen LogP contribution < -0.4 is 5.32 Å². The lowest BCUT2D eigenvalue weighted by atomic mass is 10.00. The Hall–Kier alpha value is -2.52. The molecule has 0 aliphatic heterocycles. The first-order chi connectivity index (χ1) is 14.4. The molecule has 158 valence electrons. The third-order valence-corrected chi connectivity index (χ3v) is 6.48. The molecule has 3 rings (SSSR count). The van der Waals surface area contributed by atoms with Gasteiger partial charge in [-0.1, -0.05) is 6.92 Å². The number of thioether (sulfide) groups is 1. The molecule has 2 N–H and O–H groups in total. The molecule has 0 saturated heterocycles. The van der Waals surface area contributed by atoms with Crippen molar-refractivity contribution < 1.29 is 14.7 Å². The standard InChI is InChI=1S/C21H24N4O3S2/c1-13(3-7-18-22-10-15(29-2)11-23-18)4-8-19-25-16-6-5-14(9-17(16)30-19)21(28)24-12-20(26)27/h5-6,9-11,13H,3-4,7-8,12H2,1-2H3,(H,24,28)(H,26,27)/t13-/m0/s1. The molecule has 0 unspecified atom stereocenters. The fraction of sp³-hybridized carbons (Fsp3) is 0.381. The summed E-state index contributed by atoms with van der Waals surface area (Å²) in [4.78, 5) is 37.2. The summed E-state index contributed by atoms with van der Waals surface area (Å²) in [6.45, 7) is 1.84. The fourth-order valence-corrected chi connectivity index (χ4v) is 4.28. The van der Waals surface area contributed by atoms with E-state index in [1.165, 1.54) is 0 Å². The van der Waals surface area contributed by atoms with Gasteiger partial charge >= 0.3 is 5.97 Å². The Morgan fingerprint density at radius 3 is 2.63 bits per heavy atom. The number of aromatic nitrogens is 3. The Labute approximate surface area is 183 Å². The molecule has 1 atom stereocenters. The smallest absolute Gasteiger partial charge is 0.322 e. The van der Waals surface area contributed by atoms with Gasteiger partial charge in [0.05, 0.1) is 15.2 Å². The van der Waals surface area contributed by atoms with Crippen LogP contribution in [0.4, 0.5) is 0 Å². The molecule has 2 heterocycles. The number of carboxylic acid groups (broad SMARTS) is 1. The van der Waals surface area contributed by atoms with Crippen molar-refractivity contribution in [1.82, 2.24) is 20.3 Å². The van der Waals surface area contributed by atoms with Crippen LogP contribution in [0.1, 0.15) is 41.0 Å². The minimum Gasteiger partial charge on any atom is -0.480 e. The van der Waals surface area contributed by atoms with E-state index < -0.39 is 18.4 Å². The molecule has 0 aliphatic carbocycles. The van der Waals surface area contributed by atoms with Crippen LogP contribution >= 0.6 is 23.1 Å². The van der Waals surface area contributed by atoms with E-state index in [0.29, 0.717) is 11.5 Å². The lowest BCUT2D eigenvalue weighted by Gasteiger charge is -2.09. The number of carboxylic acids is 1. The van der Waals surface area contributed by atoms with E-state index in [9.17, 15) is 9.59 Å². The second-order valence-electron chi connectivity index (χ2n) is 7.09. The van der Waals surface area contributed by atoms with E-state index in [2.05, 4.69) is 27.2 Å². The zero-order valence-corrected chi connectivity index (χ0v) is 18.6. The Morgan fingerprint density at radius 1 is 1.20 bits per heavy atom. The third kappa shape index (κ3) is 6.24. The maximum Gasteiger partial charge on any atom is 0.322 e. The maximum atomic E-state index is 12.0. The summed E-state index contributed by atoms with van der Waals surface area (Å²) in [5.74, 6) is -0.0515. The number of amides is 1. The summed E-state index contributed by atoms with van der Waals surface area (Å²) < 4.78 is 0.933. The van der Waals surface area contributed by atoms with E-state index in [-0.39, 0.29) is 0 Å². The van der Waals surface area contributed by atoms with Gasteiger partial charge in [0.2, 0.25) is 0 Å². The molecule has 0 spiro atoms. The molecule has 0 radical (unpaired) electrons. The highest BCUT2D eigenvalue weighted by atomic mass is 32.2. The summed E-state index contributed by atoms with van der Waals surface area (Å²) >= 11 is 3.22. The quantitative estimate of drug-likeness (QED) is 0.458. The number of fused-ring (bicyclic) bond motifs is 1. The van der Waals surface area contributed by atoms with E-state index in [1.54, 1.807) is 35.2 Å². The second kappa shape index (κ2) is 10.5. The van der Waals surface area contributed by atoms with Crippen molar-refractivity contribution in [2.45, 2.75) is 37.5 Å². The Balaban J connectivity index is 1.52. The minimum atomic E-state index is -1.07. The number of nitrogens with zero attached hydrogens (tertiary/aromatic N) is 3. The van der Waals surface area contributed by atoms with Crippen molar-refractivity contribution in [3.8, 4) is 0 Å². The van der Waals surface area contributed by atoms with E-state index in [1.807, 2.05) is 24.7 Å². The number of carbonyl (C=O) groups excluding carboxylic acids is 1. The highest BCUT2D eigenvalue weighted by Gasteiger charge is 2.12. The van der Waals surface area contributed by atoms with Gasteiger partial charge in [-0.15, -0.1) is 23.1 Å². The van der Waals surface area contributed by atoms with Crippen molar-refractivity contribution in [3.05, 3.63) is 47.0 Å². The normalized spacial score (nSPS) is 12.1. The van der Waals surface area contributed by atoms with E-state index in [0.717, 1.165) is 51.6 Å².